The molecule has 0 aliphatic carbocycles. The molecule has 1 fully saturated rings. The summed E-state index contributed by atoms with van der Waals surface area (Å²) in [5, 5.41) is 4.13. The minimum Gasteiger partial charge on any atom is -0.396 e. The van der Waals surface area contributed by atoms with Crippen molar-refractivity contribution in [3.63, 3.8) is 0 Å². The topological polar surface area (TPSA) is 64.2 Å². The molecule has 0 spiro atoms. The quantitative estimate of drug-likeness (QED) is 0.884. The molecule has 2 N–H and O–H groups in total. The highest BCUT2D eigenvalue weighted by molar-refractivity contribution is 5.76. The van der Waals surface area contributed by atoms with Gasteiger partial charge in [-0.15, -0.1) is 0 Å². The van der Waals surface area contributed by atoms with Gasteiger partial charge < -0.3 is 10.6 Å². The smallest absolute Gasteiger partial charge is 0.222 e. The van der Waals surface area contributed by atoms with E-state index in [1.165, 1.54) is 0 Å². The van der Waals surface area contributed by atoms with E-state index in [0.29, 0.717) is 18.7 Å². The van der Waals surface area contributed by atoms with Crippen molar-refractivity contribution < 1.29 is 4.79 Å². The van der Waals surface area contributed by atoms with Crippen molar-refractivity contribution in [2.24, 2.45) is 5.41 Å². The third kappa shape index (κ3) is 3.24. The first kappa shape index (κ1) is 12.9. The summed E-state index contributed by atoms with van der Waals surface area (Å²) in [6.45, 7) is 6.75. The second-order valence-electron chi connectivity index (χ2n) is 5.83. The molecular weight excluding hydrogens is 228 g/mol. The van der Waals surface area contributed by atoms with E-state index in [1.807, 2.05) is 4.90 Å². The Kier molecular flexibility index (Phi) is 3.59. The summed E-state index contributed by atoms with van der Waals surface area (Å²) in [6.07, 6.45) is 6.14. The van der Waals surface area contributed by atoms with E-state index < -0.39 is 0 Å². The molecule has 1 amide bonds. The number of nitrogens with zero attached hydrogens (tertiary/aromatic N) is 3. The lowest BCUT2D eigenvalue weighted by atomic mass is 9.85. The number of nitrogens with two attached hydrogens (primary N) is 1. The highest BCUT2D eigenvalue weighted by atomic mass is 16.2. The lowest BCUT2D eigenvalue weighted by Crippen LogP contribution is -2.33. The van der Waals surface area contributed by atoms with Gasteiger partial charge in [-0.2, -0.15) is 5.10 Å². The Morgan fingerprint density at radius 3 is 2.83 bits per heavy atom. The molecule has 0 atom stereocenters. The van der Waals surface area contributed by atoms with Crippen molar-refractivity contribution in [2.75, 3.05) is 18.8 Å². The number of anilines is 1. The number of rotatable bonds is 3. The molecule has 5 heteroatoms. The lowest BCUT2D eigenvalue weighted by Gasteiger charge is -2.23. The van der Waals surface area contributed by atoms with Crippen molar-refractivity contribution in [3.05, 3.63) is 12.4 Å². The van der Waals surface area contributed by atoms with E-state index in [0.717, 1.165) is 25.9 Å². The molecule has 2 heterocycles. The van der Waals surface area contributed by atoms with Crippen LogP contribution in [0.25, 0.3) is 0 Å². The molecule has 18 heavy (non-hydrogen) atoms. The Balaban J connectivity index is 1.90. The number of likely N-dealkylation sites (tertiary alicyclic amines) is 1. The summed E-state index contributed by atoms with van der Waals surface area (Å²) in [4.78, 5) is 14.0. The minimum atomic E-state index is 0.265. The second-order valence-corrected chi connectivity index (χ2v) is 5.83. The molecular formula is C13H22N4O. The zero-order chi connectivity index (χ0) is 13.2. The molecule has 100 valence electrons. The van der Waals surface area contributed by atoms with Crippen LogP contribution in [0.4, 0.5) is 5.69 Å². The monoisotopic (exact) mass is 250 g/mol. The van der Waals surface area contributed by atoms with Crippen LogP contribution in [0.5, 0.6) is 0 Å². The maximum Gasteiger partial charge on any atom is 0.222 e. The summed E-state index contributed by atoms with van der Waals surface area (Å²) in [6, 6.07) is 0. The Morgan fingerprint density at radius 1 is 1.39 bits per heavy atom. The van der Waals surface area contributed by atoms with E-state index in [-0.39, 0.29) is 11.3 Å². The van der Waals surface area contributed by atoms with Gasteiger partial charge in [0.05, 0.1) is 18.4 Å². The predicted molar refractivity (Wildman–Crippen MR) is 70.9 cm³/mol. The number of aromatic nitrogens is 2. The van der Waals surface area contributed by atoms with E-state index in [1.54, 1.807) is 17.1 Å². The molecule has 5 nitrogen and oxygen atoms in total. The van der Waals surface area contributed by atoms with Crippen molar-refractivity contribution in [1.82, 2.24) is 14.7 Å². The van der Waals surface area contributed by atoms with Crippen LogP contribution in [-0.4, -0.2) is 33.7 Å². The Labute approximate surface area is 108 Å². The van der Waals surface area contributed by atoms with Crippen molar-refractivity contribution in [2.45, 2.75) is 39.7 Å². The maximum absolute atomic E-state index is 12.0. The number of carbonyl (C=O) groups is 1. The van der Waals surface area contributed by atoms with Crippen LogP contribution in [0.3, 0.4) is 0 Å². The van der Waals surface area contributed by atoms with E-state index in [2.05, 4.69) is 18.9 Å². The fourth-order valence-electron chi connectivity index (χ4n) is 2.25. The molecule has 1 saturated heterocycles. The molecule has 0 bridgehead atoms. The van der Waals surface area contributed by atoms with Crippen LogP contribution >= 0.6 is 0 Å². The third-order valence-corrected chi connectivity index (χ3v) is 3.68. The first-order chi connectivity index (χ1) is 8.46. The fourth-order valence-corrected chi connectivity index (χ4v) is 2.25. The predicted octanol–water partition coefficient (Wildman–Crippen LogP) is 1.50. The van der Waals surface area contributed by atoms with Crippen molar-refractivity contribution in [1.29, 1.82) is 0 Å². The SMILES string of the molecule is CC1(C)CCC(=O)N(CCn2cc(N)cn2)CC1. The molecule has 1 aliphatic rings. The molecule has 0 aromatic carbocycles. The van der Waals surface area contributed by atoms with Crippen molar-refractivity contribution >= 4 is 11.6 Å². The minimum absolute atomic E-state index is 0.265. The molecule has 0 saturated carbocycles. The molecule has 1 aromatic rings. The van der Waals surface area contributed by atoms with Gasteiger partial charge in [-0.3, -0.25) is 9.48 Å². The zero-order valence-corrected chi connectivity index (χ0v) is 11.2. The standard InChI is InChI=1S/C13H22N4O/c1-13(2)4-3-12(18)16(6-5-13)7-8-17-10-11(14)9-15-17/h9-10H,3-8,14H2,1-2H3. The van der Waals surface area contributed by atoms with E-state index in [9.17, 15) is 4.79 Å². The number of nitrogen functional groups attached to an aromatic ring is 1. The van der Waals surface area contributed by atoms with Gasteiger partial charge in [-0.1, -0.05) is 13.8 Å². The van der Waals surface area contributed by atoms with Gasteiger partial charge in [0.1, 0.15) is 0 Å². The van der Waals surface area contributed by atoms with Crippen LogP contribution in [0.15, 0.2) is 12.4 Å². The molecule has 0 unspecified atom stereocenters. The van der Waals surface area contributed by atoms with Crippen LogP contribution in [0, 0.1) is 5.41 Å². The van der Waals surface area contributed by atoms with Gasteiger partial charge in [0.25, 0.3) is 0 Å². The largest absolute Gasteiger partial charge is 0.396 e. The van der Waals surface area contributed by atoms with E-state index >= 15 is 0 Å². The fraction of sp³-hybridized carbons (Fsp3) is 0.692. The Morgan fingerprint density at radius 2 is 2.17 bits per heavy atom. The zero-order valence-electron chi connectivity index (χ0n) is 11.2. The maximum atomic E-state index is 12.0. The van der Waals surface area contributed by atoms with Crippen LogP contribution < -0.4 is 5.73 Å². The molecule has 2 rings (SSSR count). The van der Waals surface area contributed by atoms with Crippen LogP contribution in [0.2, 0.25) is 0 Å². The average Bonchev–Trinajstić information content (AvgIpc) is 2.66. The second kappa shape index (κ2) is 5.00. The van der Waals surface area contributed by atoms with Gasteiger partial charge >= 0.3 is 0 Å². The third-order valence-electron chi connectivity index (χ3n) is 3.68. The number of amides is 1. The summed E-state index contributed by atoms with van der Waals surface area (Å²) < 4.78 is 1.79. The first-order valence-corrected chi connectivity index (χ1v) is 6.52. The number of hydrogen-bond donors (Lipinski definition) is 1. The van der Waals surface area contributed by atoms with Gasteiger partial charge in [-0.05, 0) is 18.3 Å². The molecule has 0 radical (unpaired) electrons. The van der Waals surface area contributed by atoms with Crippen LogP contribution in [-0.2, 0) is 11.3 Å². The normalized spacial score (nSPS) is 19.9. The number of carbonyl (C=O) groups excluding carboxylic acids is 1. The number of hydrogen-bond acceptors (Lipinski definition) is 3. The van der Waals surface area contributed by atoms with Gasteiger partial charge in [0.2, 0.25) is 5.91 Å². The summed E-state index contributed by atoms with van der Waals surface area (Å²) in [7, 11) is 0. The molecule has 1 aliphatic heterocycles. The Bertz CT molecular complexity index is 424. The van der Waals surface area contributed by atoms with Gasteiger partial charge in [0, 0.05) is 25.7 Å². The summed E-state index contributed by atoms with van der Waals surface area (Å²) in [5.41, 5.74) is 6.55. The lowest BCUT2D eigenvalue weighted by molar-refractivity contribution is -0.130. The van der Waals surface area contributed by atoms with Gasteiger partial charge in [-0.25, -0.2) is 0 Å². The van der Waals surface area contributed by atoms with Crippen molar-refractivity contribution in [3.8, 4) is 0 Å². The van der Waals surface area contributed by atoms with Gasteiger partial charge in [0.15, 0.2) is 0 Å². The highest BCUT2D eigenvalue weighted by Gasteiger charge is 2.26. The Hall–Kier alpha value is -1.52. The average molecular weight is 250 g/mol. The molecule has 1 aromatic heterocycles. The van der Waals surface area contributed by atoms with Crippen LogP contribution in [0.1, 0.15) is 33.1 Å². The first-order valence-electron chi connectivity index (χ1n) is 6.52. The summed E-state index contributed by atoms with van der Waals surface area (Å²) >= 11 is 0. The van der Waals surface area contributed by atoms with E-state index in [4.69, 9.17) is 5.73 Å². The summed E-state index contributed by atoms with van der Waals surface area (Å²) in [5.74, 6) is 0.265. The highest BCUT2D eigenvalue weighted by Crippen LogP contribution is 2.30.